The highest BCUT2D eigenvalue weighted by Crippen LogP contribution is 2.38. The molecular weight excluding hydrogens is 192 g/mol. The maximum Gasteiger partial charge on any atom is -0.0391 e. The first kappa shape index (κ1) is 14.1. The van der Waals surface area contributed by atoms with Crippen LogP contribution in [0.25, 0.3) is 0 Å². The summed E-state index contributed by atoms with van der Waals surface area (Å²) >= 11 is 0. The summed E-state index contributed by atoms with van der Waals surface area (Å²) in [7, 11) is 0. The number of rotatable bonds is 9. The van der Waals surface area contributed by atoms with Gasteiger partial charge in [0, 0.05) is 0 Å². The Bertz CT molecular complexity index is 169. The fourth-order valence-electron chi connectivity index (χ4n) is 2.99. The number of hydrogen-bond acceptors (Lipinski definition) is 0. The summed E-state index contributed by atoms with van der Waals surface area (Å²) in [5, 5.41) is 0. The molecule has 0 bridgehead atoms. The Morgan fingerprint density at radius 2 is 1.62 bits per heavy atom. The van der Waals surface area contributed by atoms with Crippen LogP contribution in [0.1, 0.15) is 79.1 Å². The van der Waals surface area contributed by atoms with Crippen LogP contribution in [-0.2, 0) is 0 Å². The molecule has 0 radical (unpaired) electrons. The standard InChI is InChI=1S/C16H32/c1-5-13(4)16(7-3)11-10-14(6-2)12-15-8-9-15/h13-16H,5-12H2,1-4H3. The normalized spacial score (nSPS) is 21.8. The van der Waals surface area contributed by atoms with E-state index < -0.39 is 0 Å². The maximum atomic E-state index is 2.44. The zero-order chi connectivity index (χ0) is 12.0. The molecule has 0 amide bonds. The van der Waals surface area contributed by atoms with Gasteiger partial charge in [-0.05, 0) is 36.5 Å². The molecule has 0 aromatic carbocycles. The maximum absolute atomic E-state index is 2.44. The minimum Gasteiger partial charge on any atom is -0.0651 e. The second-order valence-corrected chi connectivity index (χ2v) is 6.08. The second kappa shape index (κ2) is 7.35. The van der Waals surface area contributed by atoms with Crippen LogP contribution in [0.3, 0.4) is 0 Å². The van der Waals surface area contributed by atoms with Gasteiger partial charge in [0.1, 0.15) is 0 Å². The number of hydrogen-bond donors (Lipinski definition) is 0. The van der Waals surface area contributed by atoms with Gasteiger partial charge in [0.15, 0.2) is 0 Å². The van der Waals surface area contributed by atoms with E-state index in [4.69, 9.17) is 0 Å². The molecule has 1 fully saturated rings. The summed E-state index contributed by atoms with van der Waals surface area (Å²) in [6, 6.07) is 0. The summed E-state index contributed by atoms with van der Waals surface area (Å²) < 4.78 is 0. The summed E-state index contributed by atoms with van der Waals surface area (Å²) in [4.78, 5) is 0. The van der Waals surface area contributed by atoms with E-state index in [1.165, 1.54) is 51.4 Å². The van der Waals surface area contributed by atoms with Crippen LogP contribution in [0, 0.1) is 23.7 Å². The predicted molar refractivity (Wildman–Crippen MR) is 73.6 cm³/mol. The van der Waals surface area contributed by atoms with Gasteiger partial charge in [-0.15, -0.1) is 0 Å². The van der Waals surface area contributed by atoms with Crippen molar-refractivity contribution < 1.29 is 0 Å². The van der Waals surface area contributed by atoms with Gasteiger partial charge in [0.25, 0.3) is 0 Å². The van der Waals surface area contributed by atoms with E-state index in [2.05, 4.69) is 27.7 Å². The topological polar surface area (TPSA) is 0 Å². The lowest BCUT2D eigenvalue weighted by Crippen LogP contribution is -2.12. The van der Waals surface area contributed by atoms with E-state index >= 15 is 0 Å². The van der Waals surface area contributed by atoms with Gasteiger partial charge in [0.2, 0.25) is 0 Å². The lowest BCUT2D eigenvalue weighted by Gasteiger charge is -2.24. The first-order valence-electron chi connectivity index (χ1n) is 7.71. The molecule has 0 aliphatic heterocycles. The zero-order valence-corrected chi connectivity index (χ0v) is 12.0. The highest BCUT2D eigenvalue weighted by atomic mass is 14.3. The molecule has 96 valence electrons. The third-order valence-electron chi connectivity index (χ3n) is 4.86. The Morgan fingerprint density at radius 3 is 2.06 bits per heavy atom. The van der Waals surface area contributed by atoms with Crippen molar-refractivity contribution in [3.8, 4) is 0 Å². The van der Waals surface area contributed by atoms with Gasteiger partial charge >= 0.3 is 0 Å². The average molecular weight is 224 g/mol. The Balaban J connectivity index is 2.22. The molecule has 0 heteroatoms. The van der Waals surface area contributed by atoms with Crippen molar-refractivity contribution in [1.82, 2.24) is 0 Å². The third-order valence-corrected chi connectivity index (χ3v) is 4.86. The highest BCUT2D eigenvalue weighted by molar-refractivity contribution is 4.77. The van der Waals surface area contributed by atoms with Gasteiger partial charge in [-0.2, -0.15) is 0 Å². The molecule has 0 heterocycles. The van der Waals surface area contributed by atoms with Crippen LogP contribution >= 0.6 is 0 Å². The largest absolute Gasteiger partial charge is 0.0651 e. The van der Waals surface area contributed by atoms with E-state index in [-0.39, 0.29) is 0 Å². The minimum atomic E-state index is 0.934. The monoisotopic (exact) mass is 224 g/mol. The fraction of sp³-hybridized carbons (Fsp3) is 1.00. The van der Waals surface area contributed by atoms with Crippen LogP contribution in [0.15, 0.2) is 0 Å². The molecule has 0 spiro atoms. The first-order chi connectivity index (χ1) is 7.71. The van der Waals surface area contributed by atoms with Crippen molar-refractivity contribution in [1.29, 1.82) is 0 Å². The lowest BCUT2D eigenvalue weighted by molar-refractivity contribution is 0.277. The van der Waals surface area contributed by atoms with Crippen LogP contribution in [-0.4, -0.2) is 0 Å². The fourth-order valence-corrected chi connectivity index (χ4v) is 2.99. The summed E-state index contributed by atoms with van der Waals surface area (Å²) in [6.45, 7) is 9.54. The molecule has 1 rings (SSSR count). The summed E-state index contributed by atoms with van der Waals surface area (Å²) in [5.41, 5.74) is 0. The highest BCUT2D eigenvalue weighted by Gasteiger charge is 2.25. The quantitative estimate of drug-likeness (QED) is 0.473. The van der Waals surface area contributed by atoms with E-state index in [1.54, 1.807) is 0 Å². The van der Waals surface area contributed by atoms with Gasteiger partial charge < -0.3 is 0 Å². The summed E-state index contributed by atoms with van der Waals surface area (Å²) in [5.74, 6) is 4.07. The molecule has 0 nitrogen and oxygen atoms in total. The van der Waals surface area contributed by atoms with Crippen molar-refractivity contribution in [3.05, 3.63) is 0 Å². The zero-order valence-electron chi connectivity index (χ0n) is 12.0. The molecule has 0 N–H and O–H groups in total. The smallest absolute Gasteiger partial charge is 0.0391 e. The SMILES string of the molecule is CCC(CCC(CC)C(C)CC)CC1CC1. The molecule has 1 saturated carbocycles. The van der Waals surface area contributed by atoms with Gasteiger partial charge in [0.05, 0.1) is 0 Å². The minimum absolute atomic E-state index is 0.934. The second-order valence-electron chi connectivity index (χ2n) is 6.08. The van der Waals surface area contributed by atoms with Crippen LogP contribution in [0.5, 0.6) is 0 Å². The Kier molecular flexibility index (Phi) is 6.46. The van der Waals surface area contributed by atoms with Gasteiger partial charge in [-0.25, -0.2) is 0 Å². The predicted octanol–water partition coefficient (Wildman–Crippen LogP) is 5.67. The molecule has 16 heavy (non-hydrogen) atoms. The molecule has 1 aliphatic rings. The Hall–Kier alpha value is 0. The summed E-state index contributed by atoms with van der Waals surface area (Å²) in [6.07, 6.45) is 11.7. The van der Waals surface area contributed by atoms with E-state index in [9.17, 15) is 0 Å². The van der Waals surface area contributed by atoms with Crippen LogP contribution in [0.4, 0.5) is 0 Å². The van der Waals surface area contributed by atoms with Crippen molar-refractivity contribution in [2.45, 2.75) is 79.1 Å². The van der Waals surface area contributed by atoms with Crippen molar-refractivity contribution in [2.75, 3.05) is 0 Å². The molecule has 0 aromatic rings. The van der Waals surface area contributed by atoms with Crippen molar-refractivity contribution in [3.63, 3.8) is 0 Å². The first-order valence-corrected chi connectivity index (χ1v) is 7.71. The molecule has 1 aliphatic carbocycles. The van der Waals surface area contributed by atoms with Gasteiger partial charge in [-0.1, -0.05) is 66.2 Å². The molecule has 0 aromatic heterocycles. The van der Waals surface area contributed by atoms with E-state index in [0.717, 1.165) is 23.7 Å². The lowest BCUT2D eigenvalue weighted by atomic mass is 9.82. The van der Waals surface area contributed by atoms with Crippen LogP contribution in [0.2, 0.25) is 0 Å². The van der Waals surface area contributed by atoms with E-state index in [1.807, 2.05) is 0 Å². The van der Waals surface area contributed by atoms with E-state index in [0.29, 0.717) is 0 Å². The molecular formula is C16H32. The molecule has 3 unspecified atom stereocenters. The van der Waals surface area contributed by atoms with Gasteiger partial charge in [-0.3, -0.25) is 0 Å². The third kappa shape index (κ3) is 4.89. The Labute approximate surface area is 103 Å². The van der Waals surface area contributed by atoms with Crippen molar-refractivity contribution in [2.24, 2.45) is 23.7 Å². The van der Waals surface area contributed by atoms with Crippen LogP contribution < -0.4 is 0 Å². The van der Waals surface area contributed by atoms with Crippen molar-refractivity contribution >= 4 is 0 Å². The average Bonchev–Trinajstić information content (AvgIpc) is 3.11. The Morgan fingerprint density at radius 1 is 0.938 bits per heavy atom. The molecule has 0 saturated heterocycles. The molecule has 3 atom stereocenters.